The molecule has 1 amide bonds. The first kappa shape index (κ1) is 15.4. The zero-order chi connectivity index (χ0) is 15.4. The van der Waals surface area contributed by atoms with Crippen LogP contribution in [0.4, 0.5) is 5.69 Å². The number of rotatable bonds is 4. The Morgan fingerprint density at radius 2 is 1.95 bits per heavy atom. The summed E-state index contributed by atoms with van der Waals surface area (Å²) in [6.07, 6.45) is 0. The monoisotopic (exact) mass is 303 g/mol. The molecule has 0 heterocycles. The van der Waals surface area contributed by atoms with E-state index in [1.165, 1.54) is 0 Å². The molecule has 1 unspecified atom stereocenters. The maximum atomic E-state index is 12.4. The Morgan fingerprint density at radius 1 is 1.24 bits per heavy atom. The second kappa shape index (κ2) is 6.61. The second-order valence-electron chi connectivity index (χ2n) is 4.89. The first-order chi connectivity index (χ1) is 10.0. The van der Waals surface area contributed by atoms with Crippen molar-refractivity contribution in [1.82, 2.24) is 5.32 Å². The summed E-state index contributed by atoms with van der Waals surface area (Å²) in [5.41, 5.74) is 5.69. The van der Waals surface area contributed by atoms with Gasteiger partial charge in [-0.05, 0) is 49.2 Å². The standard InChI is InChI=1S/C16H18ClN3O/c1-10-9-12(20-18)7-8-13(10)16(21)19-11(2)14-5-3-4-6-15(14)17/h3-9,11,20H,18H2,1-2H3,(H,19,21). The maximum Gasteiger partial charge on any atom is 0.252 e. The largest absolute Gasteiger partial charge is 0.345 e. The molecule has 0 aromatic heterocycles. The molecule has 0 radical (unpaired) electrons. The van der Waals surface area contributed by atoms with Crippen LogP contribution in [0.1, 0.15) is 34.5 Å². The Hall–Kier alpha value is -2.04. The van der Waals surface area contributed by atoms with Crippen molar-refractivity contribution < 1.29 is 4.79 Å². The van der Waals surface area contributed by atoms with Crippen molar-refractivity contribution in [3.05, 3.63) is 64.2 Å². The minimum absolute atomic E-state index is 0.136. The zero-order valence-corrected chi connectivity index (χ0v) is 12.7. The van der Waals surface area contributed by atoms with Crippen LogP contribution in [0.15, 0.2) is 42.5 Å². The van der Waals surface area contributed by atoms with E-state index in [0.717, 1.165) is 16.8 Å². The Bertz CT molecular complexity index is 658. The van der Waals surface area contributed by atoms with Gasteiger partial charge in [-0.25, -0.2) is 0 Å². The summed E-state index contributed by atoms with van der Waals surface area (Å²) in [5, 5.41) is 3.60. The van der Waals surface area contributed by atoms with Crippen molar-refractivity contribution in [2.75, 3.05) is 5.43 Å². The van der Waals surface area contributed by atoms with Gasteiger partial charge in [0.25, 0.3) is 5.91 Å². The number of hydrogen-bond acceptors (Lipinski definition) is 3. The molecule has 2 rings (SSSR count). The van der Waals surface area contributed by atoms with Crippen LogP contribution < -0.4 is 16.6 Å². The van der Waals surface area contributed by atoms with Gasteiger partial charge in [-0.15, -0.1) is 0 Å². The van der Waals surface area contributed by atoms with E-state index in [1.54, 1.807) is 12.1 Å². The van der Waals surface area contributed by atoms with Crippen LogP contribution in [0, 0.1) is 6.92 Å². The van der Waals surface area contributed by atoms with Crippen molar-refractivity contribution >= 4 is 23.2 Å². The van der Waals surface area contributed by atoms with Gasteiger partial charge in [0.1, 0.15) is 0 Å². The first-order valence-electron chi connectivity index (χ1n) is 6.65. The number of hydrazine groups is 1. The number of benzene rings is 2. The SMILES string of the molecule is Cc1cc(NN)ccc1C(=O)NC(C)c1ccccc1Cl. The average Bonchev–Trinajstić information content (AvgIpc) is 2.47. The van der Waals surface area contributed by atoms with Gasteiger partial charge in [-0.2, -0.15) is 0 Å². The van der Waals surface area contributed by atoms with Crippen molar-refractivity contribution in [3.63, 3.8) is 0 Å². The van der Waals surface area contributed by atoms with Gasteiger partial charge >= 0.3 is 0 Å². The third-order valence-electron chi connectivity index (χ3n) is 3.36. The fourth-order valence-electron chi connectivity index (χ4n) is 2.19. The molecule has 21 heavy (non-hydrogen) atoms. The highest BCUT2D eigenvalue weighted by molar-refractivity contribution is 6.31. The van der Waals surface area contributed by atoms with Gasteiger partial charge in [0.15, 0.2) is 0 Å². The number of amides is 1. The van der Waals surface area contributed by atoms with E-state index in [1.807, 2.05) is 44.2 Å². The number of carbonyl (C=O) groups is 1. The lowest BCUT2D eigenvalue weighted by molar-refractivity contribution is 0.0939. The second-order valence-corrected chi connectivity index (χ2v) is 5.30. The highest BCUT2D eigenvalue weighted by Gasteiger charge is 2.15. The van der Waals surface area contributed by atoms with E-state index in [2.05, 4.69) is 10.7 Å². The predicted octanol–water partition coefficient (Wildman–Crippen LogP) is 3.43. The molecule has 0 aliphatic rings. The van der Waals surface area contributed by atoms with Crippen molar-refractivity contribution in [2.24, 2.45) is 5.84 Å². The summed E-state index contributed by atoms with van der Waals surface area (Å²) in [4.78, 5) is 12.4. The molecule has 0 spiro atoms. The molecular formula is C16H18ClN3O. The van der Waals surface area contributed by atoms with E-state index in [9.17, 15) is 4.79 Å². The third-order valence-corrected chi connectivity index (χ3v) is 3.70. The third kappa shape index (κ3) is 3.54. The van der Waals surface area contributed by atoms with Crippen LogP contribution in [0.3, 0.4) is 0 Å². The van der Waals surface area contributed by atoms with E-state index in [-0.39, 0.29) is 11.9 Å². The average molecular weight is 304 g/mol. The molecule has 0 saturated heterocycles. The number of aryl methyl sites for hydroxylation is 1. The minimum Gasteiger partial charge on any atom is -0.345 e. The van der Waals surface area contributed by atoms with Gasteiger partial charge in [-0.1, -0.05) is 29.8 Å². The molecule has 0 aliphatic carbocycles. The van der Waals surface area contributed by atoms with Gasteiger partial charge in [0, 0.05) is 16.3 Å². The summed E-state index contributed by atoms with van der Waals surface area (Å²) in [6.45, 7) is 3.78. The molecule has 0 fully saturated rings. The number of hydrogen-bond donors (Lipinski definition) is 3. The topological polar surface area (TPSA) is 67.1 Å². The summed E-state index contributed by atoms with van der Waals surface area (Å²) in [6, 6.07) is 12.7. The van der Waals surface area contributed by atoms with Crippen molar-refractivity contribution in [3.8, 4) is 0 Å². The highest BCUT2D eigenvalue weighted by atomic mass is 35.5. The number of carbonyl (C=O) groups excluding carboxylic acids is 1. The number of halogens is 1. The van der Waals surface area contributed by atoms with Crippen LogP contribution in [0.2, 0.25) is 5.02 Å². The number of nitrogens with one attached hydrogen (secondary N) is 2. The van der Waals surface area contributed by atoms with E-state index in [4.69, 9.17) is 17.4 Å². The zero-order valence-electron chi connectivity index (χ0n) is 12.0. The Morgan fingerprint density at radius 3 is 2.57 bits per heavy atom. The highest BCUT2D eigenvalue weighted by Crippen LogP contribution is 2.23. The lowest BCUT2D eigenvalue weighted by Crippen LogP contribution is -2.27. The smallest absolute Gasteiger partial charge is 0.252 e. The van der Waals surface area contributed by atoms with Crippen LogP contribution in [0.5, 0.6) is 0 Å². The number of nitrogen functional groups attached to an aromatic ring is 1. The van der Waals surface area contributed by atoms with E-state index < -0.39 is 0 Å². The molecule has 2 aromatic rings. The minimum atomic E-state index is -0.169. The molecule has 0 bridgehead atoms. The van der Waals surface area contributed by atoms with Crippen LogP contribution in [0.25, 0.3) is 0 Å². The first-order valence-corrected chi connectivity index (χ1v) is 7.03. The summed E-state index contributed by atoms with van der Waals surface area (Å²) in [5.74, 6) is 5.22. The maximum absolute atomic E-state index is 12.4. The fraction of sp³-hybridized carbons (Fsp3) is 0.188. The summed E-state index contributed by atoms with van der Waals surface area (Å²) < 4.78 is 0. The van der Waals surface area contributed by atoms with Gasteiger partial charge in [-0.3, -0.25) is 10.6 Å². The van der Waals surface area contributed by atoms with Crippen molar-refractivity contribution in [2.45, 2.75) is 19.9 Å². The fourth-order valence-corrected chi connectivity index (χ4v) is 2.49. The lowest BCUT2D eigenvalue weighted by Gasteiger charge is -2.17. The van der Waals surface area contributed by atoms with Crippen LogP contribution in [-0.2, 0) is 0 Å². The summed E-state index contributed by atoms with van der Waals surface area (Å²) >= 11 is 6.15. The van der Waals surface area contributed by atoms with Gasteiger partial charge in [0.2, 0.25) is 0 Å². The van der Waals surface area contributed by atoms with E-state index in [0.29, 0.717) is 10.6 Å². The number of nitrogens with two attached hydrogens (primary N) is 1. The Balaban J connectivity index is 2.16. The molecule has 110 valence electrons. The molecular weight excluding hydrogens is 286 g/mol. The van der Waals surface area contributed by atoms with Gasteiger partial charge < -0.3 is 10.7 Å². The molecule has 1 atom stereocenters. The molecule has 5 heteroatoms. The van der Waals surface area contributed by atoms with Crippen molar-refractivity contribution in [1.29, 1.82) is 0 Å². The normalized spacial score (nSPS) is 11.8. The quantitative estimate of drug-likeness (QED) is 0.599. The van der Waals surface area contributed by atoms with Crippen LogP contribution in [-0.4, -0.2) is 5.91 Å². The molecule has 0 saturated carbocycles. The Kier molecular flexibility index (Phi) is 4.83. The molecule has 4 nitrogen and oxygen atoms in total. The van der Waals surface area contributed by atoms with Gasteiger partial charge in [0.05, 0.1) is 6.04 Å². The molecule has 2 aromatic carbocycles. The lowest BCUT2D eigenvalue weighted by atomic mass is 10.0. The summed E-state index contributed by atoms with van der Waals surface area (Å²) in [7, 11) is 0. The molecule has 4 N–H and O–H groups in total. The predicted molar refractivity (Wildman–Crippen MR) is 86.3 cm³/mol. The number of anilines is 1. The molecule has 0 aliphatic heterocycles. The van der Waals surface area contributed by atoms with Crippen LogP contribution >= 0.6 is 11.6 Å². The van der Waals surface area contributed by atoms with E-state index >= 15 is 0 Å². The Labute approximate surface area is 129 Å².